The number of rotatable bonds is 4. The lowest BCUT2D eigenvalue weighted by Gasteiger charge is -2.33. The fourth-order valence-corrected chi connectivity index (χ4v) is 2.63. The lowest BCUT2D eigenvalue weighted by Crippen LogP contribution is -2.48. The Morgan fingerprint density at radius 1 is 1.30 bits per heavy atom. The number of benzene rings is 1. The van der Waals surface area contributed by atoms with E-state index in [1.54, 1.807) is 6.07 Å². The largest absolute Gasteiger partial charge is 0.480 e. The minimum atomic E-state index is -0.905. The molecule has 5 nitrogen and oxygen atoms in total. The summed E-state index contributed by atoms with van der Waals surface area (Å²) in [5.74, 6) is -1.00. The van der Waals surface area contributed by atoms with Crippen molar-refractivity contribution in [2.75, 3.05) is 12.3 Å². The lowest BCUT2D eigenvalue weighted by molar-refractivity contribution is -0.152. The van der Waals surface area contributed by atoms with Gasteiger partial charge in [0.15, 0.2) is 0 Å². The topological polar surface area (TPSA) is 83.6 Å². The van der Waals surface area contributed by atoms with E-state index in [4.69, 9.17) is 5.73 Å². The number of carbonyl (C=O) groups excluding carboxylic acids is 1. The summed E-state index contributed by atoms with van der Waals surface area (Å²) in [6.45, 7) is 0.542. The van der Waals surface area contributed by atoms with E-state index in [-0.39, 0.29) is 5.91 Å². The third-order valence-electron chi connectivity index (χ3n) is 3.77. The van der Waals surface area contributed by atoms with Crippen molar-refractivity contribution in [2.45, 2.75) is 38.1 Å². The molecule has 1 aromatic carbocycles. The molecule has 0 bridgehead atoms. The summed E-state index contributed by atoms with van der Waals surface area (Å²) < 4.78 is 0. The van der Waals surface area contributed by atoms with Crippen LogP contribution in [0, 0.1) is 0 Å². The van der Waals surface area contributed by atoms with Crippen LogP contribution in [-0.2, 0) is 16.0 Å². The van der Waals surface area contributed by atoms with Crippen LogP contribution in [0.1, 0.15) is 31.2 Å². The molecule has 108 valence electrons. The van der Waals surface area contributed by atoms with E-state index in [1.807, 2.05) is 18.2 Å². The molecule has 0 saturated carbocycles. The molecule has 1 aromatic rings. The molecule has 1 amide bonds. The SMILES string of the molecule is Nc1ccccc1CCC(=O)N1CCCC[C@H]1C(=O)O. The zero-order valence-electron chi connectivity index (χ0n) is 11.4. The van der Waals surface area contributed by atoms with Gasteiger partial charge in [0.1, 0.15) is 6.04 Å². The monoisotopic (exact) mass is 276 g/mol. The van der Waals surface area contributed by atoms with Gasteiger partial charge in [-0.1, -0.05) is 18.2 Å². The molecule has 0 spiro atoms. The summed E-state index contributed by atoms with van der Waals surface area (Å²) in [5.41, 5.74) is 7.45. The quantitative estimate of drug-likeness (QED) is 0.819. The van der Waals surface area contributed by atoms with Crippen molar-refractivity contribution in [1.29, 1.82) is 0 Å². The highest BCUT2D eigenvalue weighted by Gasteiger charge is 2.31. The number of piperidine rings is 1. The van der Waals surface area contributed by atoms with Gasteiger partial charge in [-0.25, -0.2) is 4.79 Å². The van der Waals surface area contributed by atoms with Gasteiger partial charge in [0.05, 0.1) is 0 Å². The molecule has 1 fully saturated rings. The summed E-state index contributed by atoms with van der Waals surface area (Å²) in [4.78, 5) is 24.9. The van der Waals surface area contributed by atoms with Crippen LogP contribution in [0.4, 0.5) is 5.69 Å². The van der Waals surface area contributed by atoms with E-state index in [9.17, 15) is 14.7 Å². The number of anilines is 1. The van der Waals surface area contributed by atoms with Crippen molar-refractivity contribution in [2.24, 2.45) is 0 Å². The predicted octanol–water partition coefficient (Wildman–Crippen LogP) is 1.67. The van der Waals surface area contributed by atoms with E-state index < -0.39 is 12.0 Å². The van der Waals surface area contributed by atoms with Crippen LogP contribution in [0.3, 0.4) is 0 Å². The smallest absolute Gasteiger partial charge is 0.326 e. The van der Waals surface area contributed by atoms with Gasteiger partial charge < -0.3 is 15.7 Å². The normalized spacial score (nSPS) is 18.8. The molecule has 2 rings (SSSR count). The second-order valence-corrected chi connectivity index (χ2v) is 5.14. The fourth-order valence-electron chi connectivity index (χ4n) is 2.63. The van der Waals surface area contributed by atoms with E-state index in [1.165, 1.54) is 4.90 Å². The number of nitrogens with two attached hydrogens (primary N) is 1. The Kier molecular flexibility index (Phi) is 4.61. The van der Waals surface area contributed by atoms with Crippen molar-refractivity contribution < 1.29 is 14.7 Å². The summed E-state index contributed by atoms with van der Waals surface area (Å²) >= 11 is 0. The van der Waals surface area contributed by atoms with Crippen molar-refractivity contribution in [3.63, 3.8) is 0 Å². The standard InChI is InChI=1S/C15H20N2O3/c16-12-6-2-1-5-11(12)8-9-14(18)17-10-4-3-7-13(17)15(19)20/h1-2,5-6,13H,3-4,7-10,16H2,(H,19,20)/t13-/m0/s1. The number of nitrogen functional groups attached to an aromatic ring is 1. The molecule has 1 aliphatic heterocycles. The Morgan fingerprint density at radius 3 is 2.75 bits per heavy atom. The van der Waals surface area contributed by atoms with Crippen LogP contribution < -0.4 is 5.73 Å². The maximum Gasteiger partial charge on any atom is 0.326 e. The van der Waals surface area contributed by atoms with E-state index >= 15 is 0 Å². The molecule has 1 atom stereocenters. The number of likely N-dealkylation sites (tertiary alicyclic amines) is 1. The highest BCUT2D eigenvalue weighted by molar-refractivity contribution is 5.84. The van der Waals surface area contributed by atoms with Gasteiger partial charge >= 0.3 is 5.97 Å². The van der Waals surface area contributed by atoms with Crippen LogP contribution >= 0.6 is 0 Å². The molecule has 1 aliphatic rings. The maximum atomic E-state index is 12.2. The highest BCUT2D eigenvalue weighted by Crippen LogP contribution is 2.20. The Morgan fingerprint density at radius 2 is 2.05 bits per heavy atom. The van der Waals surface area contributed by atoms with Crippen LogP contribution in [0.15, 0.2) is 24.3 Å². The molecular formula is C15H20N2O3. The molecule has 0 radical (unpaired) electrons. The van der Waals surface area contributed by atoms with Gasteiger partial charge in [-0.2, -0.15) is 0 Å². The summed E-state index contributed by atoms with van der Waals surface area (Å²) in [6, 6.07) is 6.78. The maximum absolute atomic E-state index is 12.2. The molecule has 5 heteroatoms. The van der Waals surface area contributed by atoms with Gasteiger partial charge in [-0.3, -0.25) is 4.79 Å². The average Bonchev–Trinajstić information content (AvgIpc) is 2.46. The molecular weight excluding hydrogens is 256 g/mol. The number of carbonyl (C=O) groups is 2. The number of hydrogen-bond donors (Lipinski definition) is 2. The van der Waals surface area contributed by atoms with Crippen LogP contribution in [-0.4, -0.2) is 34.5 Å². The third-order valence-corrected chi connectivity index (χ3v) is 3.77. The fraction of sp³-hybridized carbons (Fsp3) is 0.467. The van der Waals surface area contributed by atoms with Crippen LogP contribution in [0.2, 0.25) is 0 Å². The minimum absolute atomic E-state index is 0.0969. The third kappa shape index (κ3) is 3.29. The zero-order chi connectivity index (χ0) is 14.5. The van der Waals surface area contributed by atoms with Gasteiger partial charge in [-0.05, 0) is 37.3 Å². The summed E-state index contributed by atoms with van der Waals surface area (Å²) in [6.07, 6.45) is 3.15. The Hall–Kier alpha value is -2.04. The first kappa shape index (κ1) is 14.4. The molecule has 20 heavy (non-hydrogen) atoms. The molecule has 0 aromatic heterocycles. The lowest BCUT2D eigenvalue weighted by atomic mass is 10.0. The number of para-hydroxylation sites is 1. The number of carboxylic acid groups (broad SMARTS) is 1. The van der Waals surface area contributed by atoms with Crippen molar-refractivity contribution in [3.05, 3.63) is 29.8 Å². The highest BCUT2D eigenvalue weighted by atomic mass is 16.4. The molecule has 0 aliphatic carbocycles. The second-order valence-electron chi connectivity index (χ2n) is 5.14. The molecule has 1 saturated heterocycles. The van der Waals surface area contributed by atoms with Gasteiger partial charge in [0.2, 0.25) is 5.91 Å². The van der Waals surface area contributed by atoms with Gasteiger partial charge in [-0.15, -0.1) is 0 Å². The number of aliphatic carboxylic acids is 1. The second kappa shape index (κ2) is 6.41. The minimum Gasteiger partial charge on any atom is -0.480 e. The Bertz CT molecular complexity index is 502. The first-order chi connectivity index (χ1) is 9.59. The molecule has 3 N–H and O–H groups in total. The van der Waals surface area contributed by atoms with Crippen molar-refractivity contribution in [1.82, 2.24) is 4.90 Å². The zero-order valence-corrected chi connectivity index (χ0v) is 11.4. The molecule has 1 heterocycles. The van der Waals surface area contributed by atoms with Gasteiger partial charge in [0.25, 0.3) is 0 Å². The average molecular weight is 276 g/mol. The van der Waals surface area contributed by atoms with Crippen LogP contribution in [0.5, 0.6) is 0 Å². The first-order valence-electron chi connectivity index (χ1n) is 6.95. The predicted molar refractivity (Wildman–Crippen MR) is 76.2 cm³/mol. The number of carboxylic acids is 1. The number of hydrogen-bond acceptors (Lipinski definition) is 3. The number of amides is 1. The number of nitrogens with zero attached hydrogens (tertiary/aromatic N) is 1. The molecule has 0 unspecified atom stereocenters. The van der Waals surface area contributed by atoms with Crippen LogP contribution in [0.25, 0.3) is 0 Å². The van der Waals surface area contributed by atoms with E-state index in [0.717, 1.165) is 18.4 Å². The Balaban J connectivity index is 1.97. The summed E-state index contributed by atoms with van der Waals surface area (Å²) in [5, 5.41) is 9.17. The van der Waals surface area contributed by atoms with Crippen molar-refractivity contribution in [3.8, 4) is 0 Å². The first-order valence-corrected chi connectivity index (χ1v) is 6.95. The number of aryl methyl sites for hydroxylation is 1. The van der Waals surface area contributed by atoms with Gasteiger partial charge in [0, 0.05) is 18.7 Å². The van der Waals surface area contributed by atoms with E-state index in [2.05, 4.69) is 0 Å². The van der Waals surface area contributed by atoms with Crippen molar-refractivity contribution >= 4 is 17.6 Å². The van der Waals surface area contributed by atoms with E-state index in [0.29, 0.717) is 31.5 Å². The Labute approximate surface area is 118 Å². The summed E-state index contributed by atoms with van der Waals surface area (Å²) in [7, 11) is 0.